The molecule has 0 spiro atoms. The van der Waals surface area contributed by atoms with Gasteiger partial charge in [-0.15, -0.1) is 0 Å². The molecule has 2 aromatic rings. The minimum absolute atomic E-state index is 0.0201. The molecule has 3 aliphatic heterocycles. The third-order valence-corrected chi connectivity index (χ3v) is 5.88. The number of cyclic esters (lactones) is 1. The topological polar surface area (TPSA) is 92.3 Å². The van der Waals surface area contributed by atoms with Crippen molar-refractivity contribution < 1.29 is 31.5 Å². The van der Waals surface area contributed by atoms with Gasteiger partial charge < -0.3 is 15.0 Å². The Bertz CT molecular complexity index is 1050. The Morgan fingerprint density at radius 2 is 1.84 bits per heavy atom. The van der Waals surface area contributed by atoms with Gasteiger partial charge in [0.15, 0.2) is 6.10 Å². The molecule has 5 rings (SSSR count). The number of anilines is 2. The zero-order chi connectivity index (χ0) is 22.6. The summed E-state index contributed by atoms with van der Waals surface area (Å²) in [6.07, 6.45) is -8.42. The van der Waals surface area contributed by atoms with E-state index in [4.69, 9.17) is 0 Å². The first-order valence-electron chi connectivity index (χ1n) is 9.91. The van der Waals surface area contributed by atoms with E-state index >= 15 is 0 Å². The maximum absolute atomic E-state index is 13.7. The second-order valence-corrected chi connectivity index (χ2v) is 7.82. The van der Waals surface area contributed by atoms with E-state index in [1.807, 2.05) is 4.90 Å². The number of nitrogens with zero attached hydrogens (tertiary/aromatic N) is 4. The third kappa shape index (κ3) is 3.49. The van der Waals surface area contributed by atoms with E-state index < -0.39 is 30.4 Å². The number of fused-ring (bicyclic) bond motifs is 3. The van der Waals surface area contributed by atoms with Crippen LogP contribution in [0.15, 0.2) is 18.5 Å². The van der Waals surface area contributed by atoms with Gasteiger partial charge in [-0.3, -0.25) is 5.32 Å². The quantitative estimate of drug-likeness (QED) is 0.685. The molecule has 2 fully saturated rings. The van der Waals surface area contributed by atoms with Crippen LogP contribution in [0.2, 0.25) is 0 Å². The van der Waals surface area contributed by atoms with Gasteiger partial charge in [-0.2, -0.15) is 13.2 Å². The van der Waals surface area contributed by atoms with Crippen molar-refractivity contribution in [1.29, 1.82) is 0 Å². The largest absolute Gasteiger partial charge is 0.435 e. The molecule has 3 aliphatic rings. The number of alkyl halides is 5. The zero-order valence-electron chi connectivity index (χ0n) is 16.4. The molecule has 2 saturated heterocycles. The maximum atomic E-state index is 13.7. The number of hydrogen-bond donors (Lipinski definition) is 2. The lowest BCUT2D eigenvalue weighted by Crippen LogP contribution is -2.52. The van der Waals surface area contributed by atoms with Crippen LogP contribution >= 0.6 is 0 Å². The van der Waals surface area contributed by atoms with Crippen LogP contribution in [0.4, 0.5) is 38.4 Å². The second kappa shape index (κ2) is 7.50. The highest BCUT2D eigenvalue weighted by Gasteiger charge is 2.41. The molecule has 3 atom stereocenters. The standard InChI is InChI=1S/C19H17F5N6O2/c20-16(21)15-13-14(26-7-27-17(13)29-18(31)32-15)11-3-8(19(22,23)24)4-12(28-11)30-9-1-2-10(30)6-25-5-9/h3-4,7,9-10,15-16,25H,1-2,5-6H2,(H,26,27,29,31)/t9?,10?,15-/m1/s1. The summed E-state index contributed by atoms with van der Waals surface area (Å²) in [5, 5.41) is 5.44. The van der Waals surface area contributed by atoms with Gasteiger partial charge in [-0.1, -0.05) is 0 Å². The number of carbonyl (C=O) groups is 1. The van der Waals surface area contributed by atoms with Crippen molar-refractivity contribution in [2.75, 3.05) is 23.3 Å². The molecule has 0 aromatic carbocycles. The van der Waals surface area contributed by atoms with Crippen molar-refractivity contribution in [3.8, 4) is 11.4 Å². The third-order valence-electron chi connectivity index (χ3n) is 5.88. The Morgan fingerprint density at radius 3 is 2.50 bits per heavy atom. The van der Waals surface area contributed by atoms with Crippen LogP contribution in [0.3, 0.4) is 0 Å². The molecular weight excluding hydrogens is 439 g/mol. The average Bonchev–Trinajstić information content (AvgIpc) is 3.00. The number of rotatable bonds is 3. The van der Waals surface area contributed by atoms with Crippen LogP contribution in [0.1, 0.15) is 30.1 Å². The van der Waals surface area contributed by atoms with Gasteiger partial charge in [0.1, 0.15) is 23.7 Å². The smallest absolute Gasteiger partial charge is 0.416 e. The summed E-state index contributed by atoms with van der Waals surface area (Å²) in [5.41, 5.74) is -1.80. The molecule has 2 unspecified atom stereocenters. The summed E-state index contributed by atoms with van der Waals surface area (Å²) in [7, 11) is 0. The van der Waals surface area contributed by atoms with E-state index in [1.165, 1.54) is 0 Å². The molecule has 170 valence electrons. The van der Waals surface area contributed by atoms with Crippen molar-refractivity contribution in [2.24, 2.45) is 0 Å². The fourth-order valence-electron chi connectivity index (χ4n) is 4.53. The van der Waals surface area contributed by atoms with Gasteiger partial charge in [0, 0.05) is 25.2 Å². The summed E-state index contributed by atoms with van der Waals surface area (Å²) in [5.74, 6) is -0.148. The molecule has 1 amide bonds. The number of aromatic nitrogens is 3. The number of hydrogen-bond acceptors (Lipinski definition) is 7. The van der Waals surface area contributed by atoms with E-state index in [9.17, 15) is 26.7 Å². The van der Waals surface area contributed by atoms with E-state index in [-0.39, 0.29) is 40.7 Å². The molecule has 0 radical (unpaired) electrons. The molecule has 0 aliphatic carbocycles. The van der Waals surface area contributed by atoms with Crippen LogP contribution in [0.5, 0.6) is 0 Å². The number of carbonyl (C=O) groups excluding carboxylic acids is 1. The molecule has 2 N–H and O–H groups in total. The van der Waals surface area contributed by atoms with Crippen LogP contribution in [0.25, 0.3) is 11.4 Å². The number of nitrogens with one attached hydrogen (secondary N) is 2. The normalized spacial score (nSPS) is 24.9. The monoisotopic (exact) mass is 456 g/mol. The van der Waals surface area contributed by atoms with E-state index in [1.54, 1.807) is 0 Å². The van der Waals surface area contributed by atoms with Gasteiger partial charge in [-0.05, 0) is 25.0 Å². The van der Waals surface area contributed by atoms with Crippen LogP contribution in [-0.2, 0) is 10.9 Å². The first-order valence-corrected chi connectivity index (χ1v) is 9.91. The fraction of sp³-hybridized carbons (Fsp3) is 0.474. The summed E-state index contributed by atoms with van der Waals surface area (Å²) in [6, 6.07) is 1.69. The second-order valence-electron chi connectivity index (χ2n) is 7.82. The van der Waals surface area contributed by atoms with Crippen molar-refractivity contribution in [1.82, 2.24) is 20.3 Å². The zero-order valence-corrected chi connectivity index (χ0v) is 16.4. The van der Waals surface area contributed by atoms with Crippen molar-refractivity contribution in [3.63, 3.8) is 0 Å². The number of ether oxygens (including phenoxy) is 1. The minimum Gasteiger partial charge on any atom is -0.435 e. The first kappa shape index (κ1) is 20.8. The Kier molecular flexibility index (Phi) is 4.87. The lowest BCUT2D eigenvalue weighted by molar-refractivity contribution is -0.137. The Balaban J connectivity index is 1.68. The maximum Gasteiger partial charge on any atom is 0.416 e. The van der Waals surface area contributed by atoms with Gasteiger partial charge in [0.2, 0.25) is 0 Å². The number of amides is 1. The van der Waals surface area contributed by atoms with Gasteiger partial charge in [-0.25, -0.2) is 28.5 Å². The summed E-state index contributed by atoms with van der Waals surface area (Å²) < 4.78 is 73.2. The minimum atomic E-state index is -4.69. The molecule has 13 heteroatoms. The van der Waals surface area contributed by atoms with Crippen molar-refractivity contribution in [2.45, 2.75) is 43.6 Å². The van der Waals surface area contributed by atoms with Crippen LogP contribution in [0, 0.1) is 0 Å². The number of halogens is 5. The predicted molar refractivity (Wildman–Crippen MR) is 101 cm³/mol. The molecule has 32 heavy (non-hydrogen) atoms. The number of piperazine rings is 1. The molecule has 2 aromatic heterocycles. The lowest BCUT2D eigenvalue weighted by Gasteiger charge is -2.36. The van der Waals surface area contributed by atoms with Crippen LogP contribution < -0.4 is 15.5 Å². The highest BCUT2D eigenvalue weighted by molar-refractivity contribution is 5.88. The lowest BCUT2D eigenvalue weighted by atomic mass is 10.0. The average molecular weight is 456 g/mol. The fourth-order valence-corrected chi connectivity index (χ4v) is 4.53. The highest BCUT2D eigenvalue weighted by atomic mass is 19.4. The molecule has 2 bridgehead atoms. The van der Waals surface area contributed by atoms with Gasteiger partial charge in [0.25, 0.3) is 6.43 Å². The van der Waals surface area contributed by atoms with Crippen LogP contribution in [-0.4, -0.2) is 52.6 Å². The van der Waals surface area contributed by atoms with Crippen molar-refractivity contribution in [3.05, 3.63) is 29.6 Å². The first-order chi connectivity index (χ1) is 15.2. The van der Waals surface area contributed by atoms with Crippen molar-refractivity contribution >= 4 is 17.7 Å². The summed E-state index contributed by atoms with van der Waals surface area (Å²) >= 11 is 0. The van der Waals surface area contributed by atoms with E-state index in [0.29, 0.717) is 13.1 Å². The van der Waals surface area contributed by atoms with E-state index in [0.717, 1.165) is 31.3 Å². The SMILES string of the molecule is O=C1Nc2ncnc(-c3cc(C(F)(F)F)cc(N4C5CCC4CNC5)n3)c2[C@H](C(F)F)O1. The number of pyridine rings is 1. The molecule has 0 saturated carbocycles. The summed E-state index contributed by atoms with van der Waals surface area (Å²) in [6.45, 7) is 1.22. The molecule has 5 heterocycles. The Hall–Kier alpha value is -3.09. The Morgan fingerprint density at radius 1 is 1.12 bits per heavy atom. The molecule has 8 nitrogen and oxygen atoms in total. The molecular formula is C19H17F5N6O2. The predicted octanol–water partition coefficient (Wildman–Crippen LogP) is 3.37. The van der Waals surface area contributed by atoms with E-state index in [2.05, 4.69) is 30.3 Å². The van der Waals surface area contributed by atoms with Gasteiger partial charge >= 0.3 is 12.3 Å². The summed E-state index contributed by atoms with van der Waals surface area (Å²) in [4.78, 5) is 25.6. The highest BCUT2D eigenvalue weighted by Crippen LogP contribution is 2.42. The van der Waals surface area contributed by atoms with Gasteiger partial charge in [0.05, 0.1) is 16.8 Å². The Labute approximate surface area is 178 Å².